The van der Waals surface area contributed by atoms with Crippen molar-refractivity contribution in [2.24, 2.45) is 0 Å². The number of hydrogen-bond donors (Lipinski definition) is 2. The number of hydrogen-bond acceptors (Lipinski definition) is 5. The number of aromatic hydroxyl groups is 1. The van der Waals surface area contributed by atoms with Crippen LogP contribution in [0.5, 0.6) is 23.0 Å². The molecular weight excluding hydrogens is 344 g/mol. The molecule has 0 aliphatic carbocycles. The maximum Gasteiger partial charge on any atom is 0.144 e. The fourth-order valence-electron chi connectivity index (χ4n) is 3.11. The Morgan fingerprint density at radius 1 is 0.667 bits per heavy atom. The van der Waals surface area contributed by atoms with Gasteiger partial charge in [0.1, 0.15) is 28.6 Å². The SMILES string of the molecule is COc1cccc(C(O)(c2cccc(OC)c2)c2cc(OC)ccc2O)c1. The van der Waals surface area contributed by atoms with Crippen LogP contribution in [-0.2, 0) is 5.60 Å². The third kappa shape index (κ3) is 3.41. The second kappa shape index (κ2) is 7.60. The van der Waals surface area contributed by atoms with Gasteiger partial charge < -0.3 is 24.4 Å². The van der Waals surface area contributed by atoms with Crippen molar-refractivity contribution in [3.8, 4) is 23.0 Å². The molecular formula is C22H22O5. The Hall–Kier alpha value is -3.18. The average molecular weight is 366 g/mol. The molecule has 0 saturated carbocycles. The summed E-state index contributed by atoms with van der Waals surface area (Å²) in [5.41, 5.74) is -0.275. The van der Waals surface area contributed by atoms with Crippen LogP contribution in [0.1, 0.15) is 16.7 Å². The van der Waals surface area contributed by atoms with E-state index in [2.05, 4.69) is 0 Å². The van der Waals surface area contributed by atoms with Crippen LogP contribution in [0.4, 0.5) is 0 Å². The molecule has 0 fully saturated rings. The second-order valence-electron chi connectivity index (χ2n) is 6.06. The first-order valence-electron chi connectivity index (χ1n) is 8.42. The number of benzene rings is 3. The van der Waals surface area contributed by atoms with Crippen LogP contribution in [0.2, 0.25) is 0 Å². The van der Waals surface area contributed by atoms with Crippen molar-refractivity contribution >= 4 is 0 Å². The molecule has 0 aromatic heterocycles. The number of rotatable bonds is 6. The zero-order chi connectivity index (χ0) is 19.4. The zero-order valence-corrected chi connectivity index (χ0v) is 15.5. The largest absolute Gasteiger partial charge is 0.508 e. The van der Waals surface area contributed by atoms with Crippen LogP contribution >= 0.6 is 0 Å². The number of aliphatic hydroxyl groups is 1. The molecule has 0 heterocycles. The summed E-state index contributed by atoms with van der Waals surface area (Å²) in [7, 11) is 4.66. The van der Waals surface area contributed by atoms with Gasteiger partial charge in [-0.15, -0.1) is 0 Å². The zero-order valence-electron chi connectivity index (χ0n) is 15.5. The van der Waals surface area contributed by atoms with E-state index >= 15 is 0 Å². The summed E-state index contributed by atoms with van der Waals surface area (Å²) in [5.74, 6) is 1.66. The van der Waals surface area contributed by atoms with Crippen molar-refractivity contribution in [1.29, 1.82) is 0 Å². The lowest BCUT2D eigenvalue weighted by molar-refractivity contribution is 0.121. The summed E-state index contributed by atoms with van der Waals surface area (Å²) in [6.45, 7) is 0. The van der Waals surface area contributed by atoms with E-state index in [1.165, 1.54) is 13.2 Å². The van der Waals surface area contributed by atoms with Gasteiger partial charge in [-0.3, -0.25) is 0 Å². The molecule has 5 nitrogen and oxygen atoms in total. The van der Waals surface area contributed by atoms with Crippen LogP contribution in [0.25, 0.3) is 0 Å². The van der Waals surface area contributed by atoms with Crippen molar-refractivity contribution in [1.82, 2.24) is 0 Å². The Kier molecular flexibility index (Phi) is 5.23. The number of phenolic OH excluding ortho intramolecular Hbond substituents is 1. The first-order valence-corrected chi connectivity index (χ1v) is 8.42. The highest BCUT2D eigenvalue weighted by Gasteiger charge is 2.37. The molecule has 0 aliphatic heterocycles. The summed E-state index contributed by atoms with van der Waals surface area (Å²) in [5, 5.41) is 22.5. The van der Waals surface area contributed by atoms with Gasteiger partial charge in [0, 0.05) is 5.56 Å². The van der Waals surface area contributed by atoms with E-state index in [4.69, 9.17) is 14.2 Å². The lowest BCUT2D eigenvalue weighted by Crippen LogP contribution is -2.29. The van der Waals surface area contributed by atoms with Gasteiger partial charge in [0.2, 0.25) is 0 Å². The molecule has 27 heavy (non-hydrogen) atoms. The van der Waals surface area contributed by atoms with Crippen LogP contribution in [0, 0.1) is 0 Å². The molecule has 0 aliphatic rings. The smallest absolute Gasteiger partial charge is 0.144 e. The fourth-order valence-corrected chi connectivity index (χ4v) is 3.11. The highest BCUT2D eigenvalue weighted by molar-refractivity contribution is 5.56. The minimum Gasteiger partial charge on any atom is -0.508 e. The summed E-state index contributed by atoms with van der Waals surface area (Å²) < 4.78 is 15.9. The van der Waals surface area contributed by atoms with Gasteiger partial charge >= 0.3 is 0 Å². The Balaban J connectivity index is 2.32. The minimum atomic E-state index is -1.65. The van der Waals surface area contributed by atoms with Crippen molar-refractivity contribution in [3.05, 3.63) is 83.4 Å². The lowest BCUT2D eigenvalue weighted by atomic mass is 9.79. The third-order valence-electron chi connectivity index (χ3n) is 4.57. The van der Waals surface area contributed by atoms with E-state index in [1.807, 2.05) is 0 Å². The summed E-state index contributed by atoms with van der Waals surface area (Å²) in [6.07, 6.45) is 0. The predicted molar refractivity (Wildman–Crippen MR) is 103 cm³/mol. The normalized spacial score (nSPS) is 11.1. The standard InChI is InChI=1S/C22H22O5/c1-25-17-8-4-6-15(12-17)22(24,16-7-5-9-18(13-16)26-2)20-14-19(27-3)10-11-21(20)23/h4-14,23-24H,1-3H3. The maximum absolute atomic E-state index is 11.9. The molecule has 3 aromatic carbocycles. The monoisotopic (exact) mass is 366 g/mol. The van der Waals surface area contributed by atoms with Crippen LogP contribution in [0.15, 0.2) is 66.7 Å². The van der Waals surface area contributed by atoms with Gasteiger partial charge in [-0.1, -0.05) is 24.3 Å². The molecule has 3 aromatic rings. The van der Waals surface area contributed by atoms with Gasteiger partial charge in [0.15, 0.2) is 0 Å². The summed E-state index contributed by atoms with van der Waals surface area (Å²) in [4.78, 5) is 0. The predicted octanol–water partition coefficient (Wildman–Crippen LogP) is 3.70. The maximum atomic E-state index is 11.9. The van der Waals surface area contributed by atoms with Gasteiger partial charge in [-0.05, 0) is 53.6 Å². The third-order valence-corrected chi connectivity index (χ3v) is 4.57. The Morgan fingerprint density at radius 3 is 1.63 bits per heavy atom. The van der Waals surface area contributed by atoms with Crippen molar-refractivity contribution in [2.45, 2.75) is 5.60 Å². The first-order chi connectivity index (χ1) is 13.0. The van der Waals surface area contributed by atoms with Gasteiger partial charge in [-0.2, -0.15) is 0 Å². The van der Waals surface area contributed by atoms with E-state index in [1.54, 1.807) is 74.9 Å². The molecule has 0 spiro atoms. The first kappa shape index (κ1) is 18.6. The second-order valence-corrected chi connectivity index (χ2v) is 6.06. The molecule has 2 N–H and O–H groups in total. The van der Waals surface area contributed by atoms with E-state index in [-0.39, 0.29) is 5.75 Å². The molecule has 5 heteroatoms. The minimum absolute atomic E-state index is 0.0519. The molecule has 0 atom stereocenters. The number of methoxy groups -OCH3 is 3. The highest BCUT2D eigenvalue weighted by Crippen LogP contribution is 2.43. The van der Waals surface area contributed by atoms with Gasteiger partial charge in [0.25, 0.3) is 0 Å². The molecule has 0 amide bonds. The molecule has 3 rings (SSSR count). The van der Waals surface area contributed by atoms with E-state index in [0.29, 0.717) is 33.9 Å². The Morgan fingerprint density at radius 2 is 1.15 bits per heavy atom. The molecule has 0 unspecified atom stereocenters. The van der Waals surface area contributed by atoms with Crippen LogP contribution in [0.3, 0.4) is 0 Å². The molecule has 0 bridgehead atoms. The molecule has 0 saturated heterocycles. The lowest BCUT2D eigenvalue weighted by Gasteiger charge is -2.31. The van der Waals surface area contributed by atoms with Crippen LogP contribution in [-0.4, -0.2) is 31.5 Å². The molecule has 140 valence electrons. The number of ether oxygens (including phenoxy) is 3. The summed E-state index contributed by atoms with van der Waals surface area (Å²) >= 11 is 0. The number of phenols is 1. The van der Waals surface area contributed by atoms with Crippen molar-refractivity contribution < 1.29 is 24.4 Å². The molecule has 0 radical (unpaired) electrons. The van der Waals surface area contributed by atoms with Crippen LogP contribution < -0.4 is 14.2 Å². The van der Waals surface area contributed by atoms with E-state index in [0.717, 1.165) is 0 Å². The average Bonchev–Trinajstić information content (AvgIpc) is 2.73. The van der Waals surface area contributed by atoms with Gasteiger partial charge in [-0.25, -0.2) is 0 Å². The topological polar surface area (TPSA) is 68.2 Å². The van der Waals surface area contributed by atoms with Gasteiger partial charge in [0.05, 0.1) is 21.3 Å². The van der Waals surface area contributed by atoms with Crippen molar-refractivity contribution in [2.75, 3.05) is 21.3 Å². The highest BCUT2D eigenvalue weighted by atomic mass is 16.5. The fraction of sp³-hybridized carbons (Fsp3) is 0.182. The van der Waals surface area contributed by atoms with E-state index in [9.17, 15) is 10.2 Å². The Labute approximate surface area is 158 Å². The summed E-state index contributed by atoms with van der Waals surface area (Å²) in [6, 6.07) is 18.9. The van der Waals surface area contributed by atoms with Crippen molar-refractivity contribution in [3.63, 3.8) is 0 Å². The Bertz CT molecular complexity index is 888. The quantitative estimate of drug-likeness (QED) is 0.651. The van der Waals surface area contributed by atoms with E-state index < -0.39 is 5.60 Å².